The molecule has 2 N–H and O–H groups in total. The molecule has 0 saturated carbocycles. The van der Waals surface area contributed by atoms with E-state index >= 15 is 0 Å². The molecule has 7 nitrogen and oxygen atoms in total. The third kappa shape index (κ3) is 4.00. The van der Waals surface area contributed by atoms with E-state index in [-0.39, 0.29) is 17.0 Å². The van der Waals surface area contributed by atoms with E-state index in [1.165, 1.54) is 30.5 Å². The predicted molar refractivity (Wildman–Crippen MR) is 99.4 cm³/mol. The van der Waals surface area contributed by atoms with Crippen LogP contribution in [0.4, 0.5) is 5.69 Å². The molecule has 0 radical (unpaired) electrons. The van der Waals surface area contributed by atoms with Gasteiger partial charge in [0.25, 0.3) is 11.6 Å². The van der Waals surface area contributed by atoms with E-state index in [0.29, 0.717) is 19.0 Å². The zero-order chi connectivity index (χ0) is 17.9. The number of nitrogens with one attached hydrogen (secondary N) is 1. The molecule has 24 heavy (non-hydrogen) atoms. The van der Waals surface area contributed by atoms with Gasteiger partial charge in [0.1, 0.15) is 11.3 Å². The minimum atomic E-state index is -0.716. The van der Waals surface area contributed by atoms with Gasteiger partial charge in [0, 0.05) is 16.1 Å². The van der Waals surface area contributed by atoms with Crippen molar-refractivity contribution in [3.05, 3.63) is 65.0 Å². The molecule has 0 aromatic heterocycles. The number of halogens is 3. The molecular weight excluding hydrogens is 514 g/mol. The van der Waals surface area contributed by atoms with Crippen molar-refractivity contribution >= 4 is 65.6 Å². The maximum atomic E-state index is 12.0. The van der Waals surface area contributed by atoms with E-state index < -0.39 is 10.8 Å². The number of aromatic hydroxyl groups is 1. The van der Waals surface area contributed by atoms with Crippen LogP contribution in [0.25, 0.3) is 0 Å². The molecule has 0 aliphatic rings. The van der Waals surface area contributed by atoms with Gasteiger partial charge in [-0.05, 0) is 44.0 Å². The molecule has 124 valence electrons. The van der Waals surface area contributed by atoms with Crippen molar-refractivity contribution in [3.63, 3.8) is 0 Å². The number of phenols is 1. The molecule has 2 aromatic rings. The molecule has 2 aromatic carbocycles. The summed E-state index contributed by atoms with van der Waals surface area (Å²) in [4.78, 5) is 22.3. The van der Waals surface area contributed by atoms with Crippen LogP contribution in [-0.2, 0) is 0 Å². The van der Waals surface area contributed by atoms with Crippen LogP contribution in [0.2, 0.25) is 0 Å². The van der Waals surface area contributed by atoms with Crippen LogP contribution in [-0.4, -0.2) is 22.2 Å². The summed E-state index contributed by atoms with van der Waals surface area (Å²) in [6.07, 6.45) is 1.30. The van der Waals surface area contributed by atoms with Crippen molar-refractivity contribution in [1.82, 2.24) is 5.43 Å². The Kier molecular flexibility index (Phi) is 6.08. The van der Waals surface area contributed by atoms with E-state index in [1.54, 1.807) is 6.07 Å². The Morgan fingerprint density at radius 3 is 2.58 bits per heavy atom. The minimum absolute atomic E-state index is 0.0235. The number of hydrogen-bond donors (Lipinski definition) is 2. The summed E-state index contributed by atoms with van der Waals surface area (Å²) in [5, 5.41) is 24.6. The predicted octanol–water partition coefficient (Wildman–Crippen LogP) is 4.35. The van der Waals surface area contributed by atoms with Crippen molar-refractivity contribution < 1.29 is 14.8 Å². The van der Waals surface area contributed by atoms with E-state index in [0.717, 1.165) is 0 Å². The Labute approximate surface area is 161 Å². The van der Waals surface area contributed by atoms with Gasteiger partial charge in [-0.2, -0.15) is 5.10 Å². The fourth-order valence-corrected chi connectivity index (χ4v) is 4.08. The summed E-state index contributed by atoms with van der Waals surface area (Å²) in [6.45, 7) is 0. The number of nitro benzene ring substituents is 1. The molecule has 0 atom stereocenters. The topological polar surface area (TPSA) is 105 Å². The van der Waals surface area contributed by atoms with Gasteiger partial charge in [-0.15, -0.1) is 0 Å². The van der Waals surface area contributed by atoms with E-state index in [9.17, 15) is 20.0 Å². The van der Waals surface area contributed by atoms with Crippen LogP contribution >= 0.6 is 47.8 Å². The number of nitro groups is 1. The second-order valence-corrected chi connectivity index (χ2v) is 6.89. The Bertz CT molecular complexity index is 855. The Morgan fingerprint density at radius 1 is 1.25 bits per heavy atom. The third-order valence-electron chi connectivity index (χ3n) is 2.89. The van der Waals surface area contributed by atoms with Gasteiger partial charge in [0.2, 0.25) is 0 Å². The van der Waals surface area contributed by atoms with Gasteiger partial charge in [-0.25, -0.2) is 5.43 Å². The standard InChI is InChI=1S/C14H8Br3N3O4/c15-9-5-10(16)13(21)12(17)8(9)6-18-19-14(22)7-3-1-2-4-11(7)20(23)24/h1-6,21H,(H,19,22)/b18-6+. The van der Waals surface area contributed by atoms with Crippen LogP contribution in [0.1, 0.15) is 15.9 Å². The van der Waals surface area contributed by atoms with E-state index in [1.807, 2.05) is 0 Å². The number of phenolic OH excluding ortho intramolecular Hbond substituents is 1. The normalized spacial score (nSPS) is 10.8. The van der Waals surface area contributed by atoms with E-state index in [4.69, 9.17) is 0 Å². The summed E-state index contributed by atoms with van der Waals surface area (Å²) in [6, 6.07) is 7.17. The molecule has 0 spiro atoms. The molecular formula is C14H8Br3N3O4. The highest BCUT2D eigenvalue weighted by Gasteiger charge is 2.18. The lowest BCUT2D eigenvalue weighted by Gasteiger charge is -2.07. The fraction of sp³-hybridized carbons (Fsp3) is 0. The number of nitrogens with zero attached hydrogens (tertiary/aromatic N) is 2. The zero-order valence-corrected chi connectivity index (χ0v) is 16.4. The number of hydrazone groups is 1. The second-order valence-electron chi connectivity index (χ2n) is 4.39. The van der Waals surface area contributed by atoms with Crippen molar-refractivity contribution in [2.24, 2.45) is 5.10 Å². The number of hydrogen-bond acceptors (Lipinski definition) is 5. The molecule has 0 saturated heterocycles. The maximum Gasteiger partial charge on any atom is 0.282 e. The van der Waals surface area contributed by atoms with Gasteiger partial charge in [0.05, 0.1) is 20.1 Å². The molecule has 1 amide bonds. The lowest BCUT2D eigenvalue weighted by molar-refractivity contribution is -0.385. The summed E-state index contributed by atoms with van der Waals surface area (Å²) < 4.78 is 1.46. The molecule has 0 aliphatic heterocycles. The van der Waals surface area contributed by atoms with Crippen LogP contribution in [0.3, 0.4) is 0 Å². The quantitative estimate of drug-likeness (QED) is 0.354. The van der Waals surface area contributed by atoms with E-state index in [2.05, 4.69) is 58.3 Å². The SMILES string of the molecule is O=C(N/N=C/c1c(Br)cc(Br)c(O)c1Br)c1ccccc1[N+](=O)[O-]. The highest BCUT2D eigenvalue weighted by atomic mass is 79.9. The average molecular weight is 522 g/mol. The number of rotatable bonds is 4. The monoisotopic (exact) mass is 519 g/mol. The van der Waals surface area contributed by atoms with Crippen molar-refractivity contribution in [1.29, 1.82) is 0 Å². The second kappa shape index (κ2) is 7.86. The zero-order valence-electron chi connectivity index (χ0n) is 11.7. The molecule has 0 bridgehead atoms. The molecule has 10 heteroatoms. The molecule has 0 fully saturated rings. The first-order chi connectivity index (χ1) is 11.3. The Morgan fingerprint density at radius 2 is 1.92 bits per heavy atom. The Hall–Kier alpha value is -1.78. The number of carbonyl (C=O) groups is 1. The number of para-hydroxylation sites is 1. The molecule has 2 rings (SSSR count). The summed E-state index contributed by atoms with van der Waals surface area (Å²) in [7, 11) is 0. The first-order valence-electron chi connectivity index (χ1n) is 6.26. The lowest BCUT2D eigenvalue weighted by atomic mass is 10.2. The number of carbonyl (C=O) groups excluding carboxylic acids is 1. The number of amides is 1. The summed E-state index contributed by atoms with van der Waals surface area (Å²) in [5.74, 6) is -0.739. The first-order valence-corrected chi connectivity index (χ1v) is 8.64. The van der Waals surface area contributed by atoms with Crippen molar-refractivity contribution in [3.8, 4) is 5.75 Å². The van der Waals surface area contributed by atoms with Crippen molar-refractivity contribution in [2.75, 3.05) is 0 Å². The van der Waals surface area contributed by atoms with Crippen LogP contribution in [0.15, 0.2) is 48.9 Å². The van der Waals surface area contributed by atoms with Gasteiger partial charge >= 0.3 is 0 Å². The average Bonchev–Trinajstić information content (AvgIpc) is 2.55. The van der Waals surface area contributed by atoms with Gasteiger partial charge in [-0.1, -0.05) is 28.1 Å². The molecule has 0 aliphatic carbocycles. The number of benzene rings is 2. The maximum absolute atomic E-state index is 12.0. The summed E-state index contributed by atoms with van der Waals surface area (Å²) in [5.41, 5.74) is 2.30. The minimum Gasteiger partial charge on any atom is -0.506 e. The van der Waals surface area contributed by atoms with Crippen molar-refractivity contribution in [2.45, 2.75) is 0 Å². The molecule has 0 heterocycles. The van der Waals surface area contributed by atoms with Gasteiger partial charge in [-0.3, -0.25) is 14.9 Å². The fourth-order valence-electron chi connectivity index (χ4n) is 1.75. The van der Waals surface area contributed by atoms with Gasteiger partial charge < -0.3 is 5.11 Å². The van der Waals surface area contributed by atoms with Crippen LogP contribution in [0, 0.1) is 10.1 Å². The van der Waals surface area contributed by atoms with Crippen LogP contribution in [0.5, 0.6) is 5.75 Å². The largest absolute Gasteiger partial charge is 0.506 e. The third-order valence-corrected chi connectivity index (χ3v) is 4.95. The van der Waals surface area contributed by atoms with Crippen LogP contribution < -0.4 is 5.43 Å². The Balaban J connectivity index is 2.23. The highest BCUT2D eigenvalue weighted by molar-refractivity contribution is 9.11. The molecule has 0 unspecified atom stereocenters. The lowest BCUT2D eigenvalue weighted by Crippen LogP contribution is -2.19. The van der Waals surface area contributed by atoms with Gasteiger partial charge in [0.15, 0.2) is 0 Å². The smallest absolute Gasteiger partial charge is 0.282 e. The summed E-state index contributed by atoms with van der Waals surface area (Å²) >= 11 is 9.72. The highest BCUT2D eigenvalue weighted by Crippen LogP contribution is 2.38. The first kappa shape index (κ1) is 18.6.